The van der Waals surface area contributed by atoms with Crippen LogP contribution in [0.25, 0.3) is 16.7 Å². The van der Waals surface area contributed by atoms with Crippen molar-refractivity contribution in [2.75, 3.05) is 0 Å². The molecule has 0 spiro atoms. The van der Waals surface area contributed by atoms with Gasteiger partial charge in [-0.15, -0.1) is 0 Å². The summed E-state index contributed by atoms with van der Waals surface area (Å²) in [6.45, 7) is 2.13. The second-order valence-electron chi connectivity index (χ2n) is 8.31. The fraction of sp³-hybridized carbons (Fsp3) is 0.111. The molecule has 35 heavy (non-hydrogen) atoms. The van der Waals surface area contributed by atoms with Crippen LogP contribution in [0.1, 0.15) is 34.5 Å². The molecular weight excluding hydrogens is 462 g/mol. The average molecular weight is 484 g/mol. The summed E-state index contributed by atoms with van der Waals surface area (Å²) in [6.07, 6.45) is 1.64. The van der Waals surface area contributed by atoms with Crippen LogP contribution in [-0.4, -0.2) is 19.9 Å². The van der Waals surface area contributed by atoms with Crippen molar-refractivity contribution >= 4 is 34.2 Å². The number of carbonyl (C=O) groups is 1. The van der Waals surface area contributed by atoms with E-state index in [0.717, 1.165) is 11.1 Å². The maximum absolute atomic E-state index is 13.4. The van der Waals surface area contributed by atoms with Gasteiger partial charge in [0.1, 0.15) is 16.8 Å². The van der Waals surface area contributed by atoms with Gasteiger partial charge in [0.15, 0.2) is 0 Å². The fourth-order valence-corrected chi connectivity index (χ4v) is 4.21. The molecular formula is C27H22ClN5O2. The molecule has 2 aromatic carbocycles. The molecule has 0 aliphatic carbocycles. The number of pyridine rings is 2. The lowest BCUT2D eigenvalue weighted by Crippen LogP contribution is -2.36. The molecule has 0 saturated carbocycles. The van der Waals surface area contributed by atoms with E-state index in [9.17, 15) is 9.59 Å². The molecule has 1 amide bonds. The van der Waals surface area contributed by atoms with Crippen LogP contribution in [0.2, 0.25) is 5.02 Å². The zero-order valence-electron chi connectivity index (χ0n) is 18.9. The normalized spacial score (nSPS) is 12.1. The number of carbonyl (C=O) groups excluding carboxylic acids is 1. The Labute approximate surface area is 205 Å². The van der Waals surface area contributed by atoms with Crippen molar-refractivity contribution in [1.82, 2.24) is 19.3 Å². The Hall–Kier alpha value is -4.23. The van der Waals surface area contributed by atoms with Gasteiger partial charge >= 0.3 is 0 Å². The summed E-state index contributed by atoms with van der Waals surface area (Å²) in [4.78, 5) is 31.4. The maximum atomic E-state index is 13.4. The Kier molecular flexibility index (Phi) is 5.93. The number of nitrogens with zero attached hydrogens (tertiary/aromatic N) is 3. The molecule has 0 fully saturated rings. The van der Waals surface area contributed by atoms with Gasteiger partial charge < -0.3 is 9.88 Å². The van der Waals surface area contributed by atoms with Crippen LogP contribution >= 0.6 is 11.6 Å². The van der Waals surface area contributed by atoms with Crippen LogP contribution in [0.15, 0.2) is 89.9 Å². The summed E-state index contributed by atoms with van der Waals surface area (Å²) < 4.78 is 3.03. The highest BCUT2D eigenvalue weighted by Crippen LogP contribution is 2.16. The van der Waals surface area contributed by atoms with E-state index in [1.807, 2.05) is 49.4 Å². The number of rotatable bonds is 5. The quantitative estimate of drug-likeness (QED) is 0.365. The van der Waals surface area contributed by atoms with Crippen LogP contribution in [0.5, 0.6) is 0 Å². The first kappa shape index (κ1) is 22.6. The highest BCUT2D eigenvalue weighted by molar-refractivity contribution is 6.30. The number of hydrogen-bond donors (Lipinski definition) is 2. The molecule has 1 atom stereocenters. The zero-order valence-corrected chi connectivity index (χ0v) is 19.7. The molecule has 2 N–H and O–H groups in total. The number of fused-ring (bicyclic) bond motifs is 2. The van der Waals surface area contributed by atoms with E-state index in [4.69, 9.17) is 17.0 Å². The maximum Gasteiger partial charge on any atom is 0.267 e. The minimum absolute atomic E-state index is 0.0302. The molecule has 0 aliphatic heterocycles. The minimum atomic E-state index is -0.435. The summed E-state index contributed by atoms with van der Waals surface area (Å²) in [5, 5.41) is 12.7. The van der Waals surface area contributed by atoms with Crippen LogP contribution < -0.4 is 16.4 Å². The van der Waals surface area contributed by atoms with Crippen molar-refractivity contribution in [3.05, 3.63) is 123 Å². The Morgan fingerprint density at radius 1 is 1.06 bits per heavy atom. The number of nitrogens with one attached hydrogen (secondary N) is 2. The van der Waals surface area contributed by atoms with Crippen molar-refractivity contribution in [3.63, 3.8) is 0 Å². The molecule has 3 heterocycles. The monoisotopic (exact) mass is 483 g/mol. The number of halogens is 1. The third-order valence-electron chi connectivity index (χ3n) is 5.96. The third-order valence-corrected chi connectivity index (χ3v) is 6.22. The van der Waals surface area contributed by atoms with Crippen molar-refractivity contribution in [1.29, 1.82) is 5.41 Å². The highest BCUT2D eigenvalue weighted by Gasteiger charge is 2.19. The van der Waals surface area contributed by atoms with Crippen LogP contribution in [0.3, 0.4) is 0 Å². The van der Waals surface area contributed by atoms with E-state index < -0.39 is 5.91 Å². The predicted molar refractivity (Wildman–Crippen MR) is 136 cm³/mol. The van der Waals surface area contributed by atoms with Crippen molar-refractivity contribution in [2.24, 2.45) is 0 Å². The smallest absolute Gasteiger partial charge is 0.267 e. The minimum Gasteiger partial charge on any atom is -0.345 e. The molecule has 7 nitrogen and oxygen atoms in total. The van der Waals surface area contributed by atoms with Gasteiger partial charge in [0, 0.05) is 11.2 Å². The third kappa shape index (κ3) is 4.34. The van der Waals surface area contributed by atoms with Crippen LogP contribution in [0, 0.1) is 5.41 Å². The van der Waals surface area contributed by atoms with E-state index in [0.29, 0.717) is 16.3 Å². The van der Waals surface area contributed by atoms with E-state index in [2.05, 4.69) is 10.3 Å². The Balaban J connectivity index is 1.68. The van der Waals surface area contributed by atoms with Gasteiger partial charge in [-0.1, -0.05) is 60.1 Å². The number of benzene rings is 2. The second-order valence-corrected chi connectivity index (χ2v) is 8.74. The standard InChI is InChI=1S/C27H22ClN5O2/c1-17(19-7-3-2-4-8-19)30-26(34)21-15-22-25(31-23-9-5-6-14-32(23)27(22)35)33(24(21)29)16-18-10-12-20(28)13-11-18/h2-15,17,29H,16H2,1H3,(H,30,34)/t17-/m0/s1. The Bertz CT molecular complexity index is 1670. The first-order valence-corrected chi connectivity index (χ1v) is 11.5. The molecule has 0 aliphatic rings. The van der Waals surface area contributed by atoms with E-state index >= 15 is 0 Å². The lowest BCUT2D eigenvalue weighted by atomic mass is 10.1. The molecule has 174 valence electrons. The molecule has 0 radical (unpaired) electrons. The van der Waals surface area contributed by atoms with E-state index in [1.54, 1.807) is 41.1 Å². The lowest BCUT2D eigenvalue weighted by molar-refractivity contribution is 0.0937. The number of hydrogen-bond acceptors (Lipinski definition) is 4. The number of aromatic nitrogens is 3. The summed E-state index contributed by atoms with van der Waals surface area (Å²) in [5.41, 5.74) is 2.37. The van der Waals surface area contributed by atoms with Crippen molar-refractivity contribution in [3.8, 4) is 0 Å². The molecule has 0 unspecified atom stereocenters. The first-order chi connectivity index (χ1) is 16.9. The SMILES string of the molecule is C[C@H](NC(=O)c1cc2c(=O)n3ccccc3nc2n(Cc2ccc(Cl)cc2)c1=N)c1ccccc1. The van der Waals surface area contributed by atoms with Gasteiger partial charge in [0.05, 0.1) is 23.5 Å². The van der Waals surface area contributed by atoms with Gasteiger partial charge in [-0.2, -0.15) is 0 Å². The van der Waals surface area contributed by atoms with Gasteiger partial charge in [-0.05, 0) is 48.4 Å². The summed E-state index contributed by atoms with van der Waals surface area (Å²) in [7, 11) is 0. The lowest BCUT2D eigenvalue weighted by Gasteiger charge is -2.17. The van der Waals surface area contributed by atoms with Gasteiger partial charge in [-0.25, -0.2) is 4.98 Å². The Morgan fingerprint density at radius 3 is 2.51 bits per heavy atom. The summed E-state index contributed by atoms with van der Waals surface area (Å²) in [6, 6.07) is 23.3. The van der Waals surface area contributed by atoms with Crippen molar-refractivity contribution < 1.29 is 4.79 Å². The fourth-order valence-electron chi connectivity index (χ4n) is 4.09. The van der Waals surface area contributed by atoms with Crippen LogP contribution in [-0.2, 0) is 6.54 Å². The second kappa shape index (κ2) is 9.19. The largest absolute Gasteiger partial charge is 0.345 e. The zero-order chi connectivity index (χ0) is 24.5. The van der Waals surface area contributed by atoms with Gasteiger partial charge in [-0.3, -0.25) is 19.4 Å². The van der Waals surface area contributed by atoms with Gasteiger partial charge in [0.2, 0.25) is 0 Å². The topological polar surface area (TPSA) is 92.2 Å². The number of amides is 1. The highest BCUT2D eigenvalue weighted by atomic mass is 35.5. The van der Waals surface area contributed by atoms with E-state index in [1.165, 1.54) is 10.5 Å². The van der Waals surface area contributed by atoms with E-state index in [-0.39, 0.29) is 34.6 Å². The molecule has 3 aromatic heterocycles. The van der Waals surface area contributed by atoms with Crippen LogP contribution in [0.4, 0.5) is 0 Å². The molecule has 5 rings (SSSR count). The molecule has 0 bridgehead atoms. The molecule has 0 saturated heterocycles. The average Bonchev–Trinajstić information content (AvgIpc) is 2.87. The predicted octanol–water partition coefficient (Wildman–Crippen LogP) is 4.32. The summed E-state index contributed by atoms with van der Waals surface area (Å²) >= 11 is 6.04. The molecule has 8 heteroatoms. The Morgan fingerprint density at radius 2 is 1.77 bits per heavy atom. The summed E-state index contributed by atoms with van der Waals surface area (Å²) in [5.74, 6) is -0.435. The first-order valence-electron chi connectivity index (χ1n) is 11.1. The van der Waals surface area contributed by atoms with Gasteiger partial charge in [0.25, 0.3) is 11.5 Å². The van der Waals surface area contributed by atoms with Crippen molar-refractivity contribution in [2.45, 2.75) is 19.5 Å². The molecule has 5 aromatic rings.